The molecule has 0 N–H and O–H groups in total. The lowest BCUT2D eigenvalue weighted by Crippen LogP contribution is -2.29. The molecule has 9 aromatic carbocycles. The van der Waals surface area contributed by atoms with E-state index in [9.17, 15) is 0 Å². The first kappa shape index (κ1) is 31.7. The van der Waals surface area contributed by atoms with E-state index in [1.54, 1.807) is 0 Å². The van der Waals surface area contributed by atoms with Crippen LogP contribution in [0.4, 0.5) is 17.1 Å². The highest BCUT2D eigenvalue weighted by molar-refractivity contribution is 6.08. The van der Waals surface area contributed by atoms with Crippen LogP contribution in [0.3, 0.4) is 0 Å². The van der Waals surface area contributed by atoms with Crippen molar-refractivity contribution >= 4 is 27.8 Å². The molecule has 0 radical (unpaired) electrons. The van der Waals surface area contributed by atoms with Crippen LogP contribution in [0, 0.1) is 0 Å². The van der Waals surface area contributed by atoms with Gasteiger partial charge in [0.1, 0.15) is 0 Å². The van der Waals surface area contributed by atoms with E-state index in [0.717, 1.165) is 17.1 Å². The molecule has 0 aliphatic heterocycles. The summed E-state index contributed by atoms with van der Waals surface area (Å²) < 4.78 is 0. The summed E-state index contributed by atoms with van der Waals surface area (Å²) in [4.78, 5) is 2.40. The van der Waals surface area contributed by atoms with Crippen LogP contribution < -0.4 is 4.90 Å². The molecule has 0 fully saturated rings. The SMILES string of the molecule is c1ccc(-c2cccc(N(c3ccccc3)c3ccc4c(c3)-c3cc(-c5ccccc5)c5ccccc5c3C4(c3ccccc3)c3ccccc3)c2)cc1. The number of para-hydroxylation sites is 1. The molecule has 0 unspecified atom stereocenters. The number of nitrogens with zero attached hydrogens (tertiary/aromatic N) is 1. The highest BCUT2D eigenvalue weighted by atomic mass is 15.1. The van der Waals surface area contributed by atoms with Crippen molar-refractivity contribution in [3.63, 3.8) is 0 Å². The first-order chi connectivity index (χ1) is 26.8. The minimum Gasteiger partial charge on any atom is -0.310 e. The lowest BCUT2D eigenvalue weighted by Gasteiger charge is -2.35. The Balaban J connectivity index is 1.30. The molecule has 0 heterocycles. The number of benzene rings is 9. The van der Waals surface area contributed by atoms with Crippen molar-refractivity contribution < 1.29 is 0 Å². The number of anilines is 3. The fourth-order valence-corrected chi connectivity index (χ4v) is 8.83. The quantitative estimate of drug-likeness (QED) is 0.161. The van der Waals surface area contributed by atoms with Gasteiger partial charge in [-0.3, -0.25) is 0 Å². The van der Waals surface area contributed by atoms with E-state index >= 15 is 0 Å². The predicted molar refractivity (Wildman–Crippen MR) is 227 cm³/mol. The van der Waals surface area contributed by atoms with E-state index in [-0.39, 0.29) is 0 Å². The molecule has 0 saturated heterocycles. The lowest BCUT2D eigenvalue weighted by atomic mass is 9.66. The van der Waals surface area contributed by atoms with Crippen molar-refractivity contribution in [3.05, 3.63) is 247 Å². The predicted octanol–water partition coefficient (Wildman–Crippen LogP) is 14.0. The van der Waals surface area contributed by atoms with Gasteiger partial charge in [0, 0.05) is 17.1 Å². The van der Waals surface area contributed by atoms with Crippen molar-refractivity contribution in [2.45, 2.75) is 5.41 Å². The molecule has 0 spiro atoms. The second kappa shape index (κ2) is 13.2. The fourth-order valence-electron chi connectivity index (χ4n) is 8.83. The van der Waals surface area contributed by atoms with Crippen LogP contribution >= 0.6 is 0 Å². The van der Waals surface area contributed by atoms with Gasteiger partial charge in [-0.15, -0.1) is 0 Å². The third-order valence-corrected chi connectivity index (χ3v) is 11.1. The Kier molecular flexibility index (Phi) is 7.78. The van der Waals surface area contributed by atoms with Crippen LogP contribution in [0.15, 0.2) is 224 Å². The molecule has 54 heavy (non-hydrogen) atoms. The summed E-state index contributed by atoms with van der Waals surface area (Å²) in [5.41, 5.74) is 15.3. The molecule has 1 nitrogen and oxygen atoms in total. The largest absolute Gasteiger partial charge is 0.310 e. The molecule has 0 bridgehead atoms. The van der Waals surface area contributed by atoms with E-state index < -0.39 is 5.41 Å². The Hall–Kier alpha value is -6.96. The van der Waals surface area contributed by atoms with Crippen molar-refractivity contribution in [1.29, 1.82) is 0 Å². The molecule has 0 aromatic heterocycles. The number of rotatable bonds is 7. The Morgan fingerprint density at radius 1 is 0.296 bits per heavy atom. The maximum absolute atomic E-state index is 2.46. The molecule has 1 aliphatic carbocycles. The van der Waals surface area contributed by atoms with Gasteiger partial charge in [-0.2, -0.15) is 0 Å². The fraction of sp³-hybridized carbons (Fsp3) is 0.0189. The summed E-state index contributed by atoms with van der Waals surface area (Å²) in [5, 5.41) is 2.53. The van der Waals surface area contributed by atoms with Gasteiger partial charge in [-0.25, -0.2) is 0 Å². The number of hydrogen-bond donors (Lipinski definition) is 0. The smallest absolute Gasteiger partial charge is 0.0719 e. The highest BCUT2D eigenvalue weighted by Crippen LogP contribution is 2.60. The summed E-state index contributed by atoms with van der Waals surface area (Å²) in [5.74, 6) is 0. The van der Waals surface area contributed by atoms with Gasteiger partial charge in [0.25, 0.3) is 0 Å². The van der Waals surface area contributed by atoms with Crippen LogP contribution in [-0.4, -0.2) is 0 Å². The van der Waals surface area contributed by atoms with Crippen molar-refractivity contribution in [2.24, 2.45) is 0 Å². The molecule has 1 heteroatoms. The van der Waals surface area contributed by atoms with Crippen LogP contribution in [0.1, 0.15) is 22.3 Å². The van der Waals surface area contributed by atoms with E-state index in [1.165, 1.54) is 66.4 Å². The van der Waals surface area contributed by atoms with E-state index in [1.807, 2.05) is 0 Å². The van der Waals surface area contributed by atoms with Crippen molar-refractivity contribution in [2.75, 3.05) is 4.90 Å². The minimum absolute atomic E-state index is 0.536. The summed E-state index contributed by atoms with van der Waals surface area (Å²) in [6, 6.07) is 82.0. The van der Waals surface area contributed by atoms with Gasteiger partial charge in [0.2, 0.25) is 0 Å². The number of fused-ring (bicyclic) bond motifs is 5. The average molecular weight is 688 g/mol. The molecule has 9 aromatic rings. The Bertz CT molecular complexity index is 2700. The maximum atomic E-state index is 2.46. The van der Waals surface area contributed by atoms with E-state index in [2.05, 4.69) is 229 Å². The van der Waals surface area contributed by atoms with Crippen LogP contribution in [0.25, 0.3) is 44.2 Å². The first-order valence-electron chi connectivity index (χ1n) is 18.7. The Labute approximate surface area is 317 Å². The zero-order valence-corrected chi connectivity index (χ0v) is 29.8. The molecular formula is C53H37N. The third kappa shape index (κ3) is 5.09. The molecule has 0 atom stereocenters. The zero-order valence-electron chi connectivity index (χ0n) is 29.8. The van der Waals surface area contributed by atoms with Gasteiger partial charge in [0.15, 0.2) is 0 Å². The molecule has 0 amide bonds. The summed E-state index contributed by atoms with van der Waals surface area (Å²) in [6.45, 7) is 0. The minimum atomic E-state index is -0.536. The number of hydrogen-bond acceptors (Lipinski definition) is 1. The molecule has 254 valence electrons. The first-order valence-corrected chi connectivity index (χ1v) is 18.7. The van der Waals surface area contributed by atoms with Crippen LogP contribution in [-0.2, 0) is 5.41 Å². The van der Waals surface area contributed by atoms with Gasteiger partial charge in [-0.05, 0) is 109 Å². The molecule has 0 saturated carbocycles. The average Bonchev–Trinajstić information content (AvgIpc) is 3.56. The van der Waals surface area contributed by atoms with Crippen molar-refractivity contribution in [3.8, 4) is 33.4 Å². The monoisotopic (exact) mass is 687 g/mol. The van der Waals surface area contributed by atoms with Gasteiger partial charge < -0.3 is 4.90 Å². The van der Waals surface area contributed by atoms with Gasteiger partial charge in [-0.1, -0.05) is 182 Å². The molecule has 1 aliphatic rings. The second-order valence-corrected chi connectivity index (χ2v) is 14.1. The van der Waals surface area contributed by atoms with E-state index in [0.29, 0.717) is 0 Å². The Morgan fingerprint density at radius 2 is 0.796 bits per heavy atom. The highest BCUT2D eigenvalue weighted by Gasteiger charge is 2.47. The van der Waals surface area contributed by atoms with Crippen molar-refractivity contribution in [1.82, 2.24) is 0 Å². The second-order valence-electron chi connectivity index (χ2n) is 14.1. The van der Waals surface area contributed by atoms with Crippen LogP contribution in [0.2, 0.25) is 0 Å². The lowest BCUT2D eigenvalue weighted by molar-refractivity contribution is 0.775. The topological polar surface area (TPSA) is 3.24 Å². The summed E-state index contributed by atoms with van der Waals surface area (Å²) in [7, 11) is 0. The van der Waals surface area contributed by atoms with Gasteiger partial charge >= 0.3 is 0 Å². The molecule has 10 rings (SSSR count). The normalized spacial score (nSPS) is 12.6. The zero-order chi connectivity index (χ0) is 35.9. The van der Waals surface area contributed by atoms with Gasteiger partial charge in [0.05, 0.1) is 5.41 Å². The molecular weight excluding hydrogens is 651 g/mol. The Morgan fingerprint density at radius 3 is 1.44 bits per heavy atom. The third-order valence-electron chi connectivity index (χ3n) is 11.1. The summed E-state index contributed by atoms with van der Waals surface area (Å²) in [6.07, 6.45) is 0. The van der Waals surface area contributed by atoms with Crippen LogP contribution in [0.5, 0.6) is 0 Å². The standard InChI is InChI=1S/C53H37N/c1-6-19-38(20-7-1)40-23-18-30-44(35-40)54(43-28-14-5-15-29-43)45-33-34-51-49(36-45)50-37-48(39-21-8-2-9-22-39)46-31-16-17-32-47(46)52(50)53(51,41-24-10-3-11-25-41)42-26-12-4-13-27-42/h1-37H. The van der Waals surface area contributed by atoms with E-state index in [4.69, 9.17) is 0 Å². The maximum Gasteiger partial charge on any atom is 0.0719 e. The summed E-state index contributed by atoms with van der Waals surface area (Å²) >= 11 is 0.